The van der Waals surface area contributed by atoms with Gasteiger partial charge in [-0.2, -0.15) is 0 Å². The first-order valence-electron chi connectivity index (χ1n) is 9.53. The number of carbonyl (C=O) groups is 1. The number of hydrogen-bond donors (Lipinski definition) is 2. The van der Waals surface area contributed by atoms with Crippen LogP contribution in [-0.2, 0) is 14.8 Å². The SMILES string of the molecule is Cc1cccc(OCC(=O)Nc2ccc(Cl)c(S(=O)(=O)Nc3ccc(C)cc3C)c2)c1. The van der Waals surface area contributed by atoms with Gasteiger partial charge in [-0.1, -0.05) is 41.4 Å². The molecule has 8 heteroatoms. The van der Waals surface area contributed by atoms with Crippen LogP contribution in [0.15, 0.2) is 65.6 Å². The van der Waals surface area contributed by atoms with Crippen LogP contribution >= 0.6 is 11.6 Å². The third kappa shape index (κ3) is 5.99. The lowest BCUT2D eigenvalue weighted by Gasteiger charge is -2.14. The van der Waals surface area contributed by atoms with E-state index in [9.17, 15) is 13.2 Å². The Morgan fingerprint density at radius 3 is 2.42 bits per heavy atom. The fourth-order valence-corrected chi connectivity index (χ4v) is 4.62. The third-order valence-electron chi connectivity index (χ3n) is 4.49. The van der Waals surface area contributed by atoms with Gasteiger partial charge in [-0.25, -0.2) is 8.42 Å². The van der Waals surface area contributed by atoms with Crippen LogP contribution in [-0.4, -0.2) is 20.9 Å². The van der Waals surface area contributed by atoms with E-state index in [0.717, 1.165) is 16.7 Å². The molecular weight excluding hydrogens is 436 g/mol. The summed E-state index contributed by atoms with van der Waals surface area (Å²) in [7, 11) is -3.96. The van der Waals surface area contributed by atoms with Gasteiger partial charge in [-0.05, 0) is 68.3 Å². The zero-order valence-corrected chi connectivity index (χ0v) is 19.0. The lowest BCUT2D eigenvalue weighted by atomic mass is 10.1. The standard InChI is InChI=1S/C23H23ClN2O4S/c1-15-5-4-6-19(12-15)30-14-23(27)25-18-8-9-20(24)22(13-18)31(28,29)26-21-10-7-16(2)11-17(21)3/h4-13,26H,14H2,1-3H3,(H,25,27). The quantitative estimate of drug-likeness (QED) is 0.516. The Balaban J connectivity index is 1.73. The molecule has 3 aromatic carbocycles. The largest absolute Gasteiger partial charge is 0.484 e. The van der Waals surface area contributed by atoms with Gasteiger partial charge >= 0.3 is 0 Å². The van der Waals surface area contributed by atoms with Crippen molar-refractivity contribution in [1.29, 1.82) is 0 Å². The number of halogens is 1. The predicted octanol–water partition coefficient (Wildman–Crippen LogP) is 5.08. The number of rotatable bonds is 7. The van der Waals surface area contributed by atoms with Crippen molar-refractivity contribution in [2.45, 2.75) is 25.7 Å². The zero-order valence-electron chi connectivity index (χ0n) is 17.4. The number of nitrogens with one attached hydrogen (secondary N) is 2. The predicted molar refractivity (Wildman–Crippen MR) is 123 cm³/mol. The summed E-state index contributed by atoms with van der Waals surface area (Å²) >= 11 is 6.15. The Morgan fingerprint density at radius 1 is 0.968 bits per heavy atom. The normalized spacial score (nSPS) is 11.1. The number of anilines is 2. The van der Waals surface area contributed by atoms with E-state index in [1.165, 1.54) is 18.2 Å². The number of sulfonamides is 1. The fraction of sp³-hybridized carbons (Fsp3) is 0.174. The molecule has 0 saturated heterocycles. The molecule has 0 unspecified atom stereocenters. The summed E-state index contributed by atoms with van der Waals surface area (Å²) in [5.74, 6) is 0.154. The van der Waals surface area contributed by atoms with Gasteiger partial charge < -0.3 is 10.1 Å². The van der Waals surface area contributed by atoms with Crippen LogP contribution in [0.1, 0.15) is 16.7 Å². The molecule has 162 valence electrons. The van der Waals surface area contributed by atoms with Crippen molar-refractivity contribution in [3.63, 3.8) is 0 Å². The summed E-state index contributed by atoms with van der Waals surface area (Å²) in [5.41, 5.74) is 3.58. The van der Waals surface area contributed by atoms with Crippen LogP contribution in [0.25, 0.3) is 0 Å². The molecule has 0 bridgehead atoms. The van der Waals surface area contributed by atoms with E-state index >= 15 is 0 Å². The molecule has 0 aliphatic rings. The van der Waals surface area contributed by atoms with Crippen molar-refractivity contribution in [3.05, 3.63) is 82.4 Å². The molecule has 0 spiro atoms. The number of benzene rings is 3. The summed E-state index contributed by atoms with van der Waals surface area (Å²) in [4.78, 5) is 12.1. The fourth-order valence-electron chi connectivity index (χ4n) is 2.97. The second-order valence-corrected chi connectivity index (χ2v) is 9.28. The molecule has 0 saturated carbocycles. The topological polar surface area (TPSA) is 84.5 Å². The molecule has 0 aromatic heterocycles. The van der Waals surface area contributed by atoms with E-state index in [4.69, 9.17) is 16.3 Å². The molecule has 0 radical (unpaired) electrons. The smallest absolute Gasteiger partial charge is 0.263 e. The van der Waals surface area contributed by atoms with E-state index in [0.29, 0.717) is 17.1 Å². The second kappa shape index (κ2) is 9.41. The maximum Gasteiger partial charge on any atom is 0.263 e. The van der Waals surface area contributed by atoms with Crippen LogP contribution in [0.3, 0.4) is 0 Å². The molecule has 6 nitrogen and oxygen atoms in total. The monoisotopic (exact) mass is 458 g/mol. The van der Waals surface area contributed by atoms with E-state index in [1.807, 2.05) is 51.1 Å². The first-order valence-corrected chi connectivity index (χ1v) is 11.4. The van der Waals surface area contributed by atoms with E-state index in [1.54, 1.807) is 12.1 Å². The minimum Gasteiger partial charge on any atom is -0.484 e. The van der Waals surface area contributed by atoms with E-state index in [-0.39, 0.29) is 16.5 Å². The Labute approximate surface area is 187 Å². The van der Waals surface area contributed by atoms with Crippen LogP contribution in [0.2, 0.25) is 5.02 Å². The Morgan fingerprint density at radius 2 is 1.71 bits per heavy atom. The lowest BCUT2D eigenvalue weighted by molar-refractivity contribution is -0.118. The summed E-state index contributed by atoms with van der Waals surface area (Å²) < 4.78 is 33.8. The molecule has 0 heterocycles. The van der Waals surface area contributed by atoms with Gasteiger partial charge in [0.15, 0.2) is 6.61 Å². The maximum absolute atomic E-state index is 12.9. The molecule has 3 aromatic rings. The first-order chi connectivity index (χ1) is 14.6. The molecule has 0 fully saturated rings. The van der Waals surface area contributed by atoms with Crippen molar-refractivity contribution < 1.29 is 17.9 Å². The minimum atomic E-state index is -3.96. The number of ether oxygens (including phenoxy) is 1. The highest BCUT2D eigenvalue weighted by Gasteiger charge is 2.20. The van der Waals surface area contributed by atoms with Gasteiger partial charge in [0, 0.05) is 5.69 Å². The summed E-state index contributed by atoms with van der Waals surface area (Å²) in [6.07, 6.45) is 0. The second-order valence-electron chi connectivity index (χ2n) is 7.22. The maximum atomic E-state index is 12.9. The minimum absolute atomic E-state index is 0.0475. The van der Waals surface area contributed by atoms with Crippen LogP contribution < -0.4 is 14.8 Å². The Kier molecular flexibility index (Phi) is 6.87. The summed E-state index contributed by atoms with van der Waals surface area (Å²) in [6.45, 7) is 5.46. The average Bonchev–Trinajstić information content (AvgIpc) is 2.70. The lowest BCUT2D eigenvalue weighted by Crippen LogP contribution is -2.21. The summed E-state index contributed by atoms with van der Waals surface area (Å²) in [5, 5.41) is 2.68. The number of hydrogen-bond acceptors (Lipinski definition) is 4. The highest BCUT2D eigenvalue weighted by Crippen LogP contribution is 2.28. The van der Waals surface area contributed by atoms with Crippen molar-refractivity contribution in [3.8, 4) is 5.75 Å². The van der Waals surface area contributed by atoms with Gasteiger partial charge in [-0.3, -0.25) is 9.52 Å². The van der Waals surface area contributed by atoms with Crippen molar-refractivity contribution in [2.24, 2.45) is 0 Å². The highest BCUT2D eigenvalue weighted by atomic mass is 35.5. The number of amides is 1. The molecule has 1 amide bonds. The van der Waals surface area contributed by atoms with Gasteiger partial charge in [0.25, 0.3) is 15.9 Å². The average molecular weight is 459 g/mol. The van der Waals surface area contributed by atoms with Gasteiger partial charge in [-0.15, -0.1) is 0 Å². The number of carbonyl (C=O) groups excluding carboxylic acids is 1. The highest BCUT2D eigenvalue weighted by molar-refractivity contribution is 7.92. The van der Waals surface area contributed by atoms with Crippen LogP contribution in [0.5, 0.6) is 5.75 Å². The molecule has 2 N–H and O–H groups in total. The number of aryl methyl sites for hydroxylation is 3. The van der Waals surface area contributed by atoms with Crippen molar-refractivity contribution in [1.82, 2.24) is 0 Å². The van der Waals surface area contributed by atoms with Crippen molar-refractivity contribution in [2.75, 3.05) is 16.6 Å². The van der Waals surface area contributed by atoms with Gasteiger partial charge in [0.1, 0.15) is 10.6 Å². The first kappa shape index (κ1) is 22.7. The Hall–Kier alpha value is -3.03. The van der Waals surface area contributed by atoms with E-state index < -0.39 is 15.9 Å². The molecule has 31 heavy (non-hydrogen) atoms. The summed E-state index contributed by atoms with van der Waals surface area (Å²) in [6, 6.07) is 17.0. The molecular formula is C23H23ClN2O4S. The van der Waals surface area contributed by atoms with E-state index in [2.05, 4.69) is 10.0 Å². The Bertz CT molecular complexity index is 1230. The molecule has 0 aliphatic heterocycles. The molecule has 0 aliphatic carbocycles. The van der Waals surface area contributed by atoms with Crippen LogP contribution in [0, 0.1) is 20.8 Å². The zero-order chi connectivity index (χ0) is 22.6. The van der Waals surface area contributed by atoms with Crippen molar-refractivity contribution >= 4 is 38.9 Å². The van der Waals surface area contributed by atoms with Gasteiger partial charge in [0.2, 0.25) is 0 Å². The third-order valence-corrected chi connectivity index (χ3v) is 6.34. The van der Waals surface area contributed by atoms with Crippen LogP contribution in [0.4, 0.5) is 11.4 Å². The molecule has 3 rings (SSSR count). The van der Waals surface area contributed by atoms with Gasteiger partial charge in [0.05, 0.1) is 10.7 Å². The molecule has 0 atom stereocenters.